The minimum Gasteiger partial charge on any atom is -0.384 e. The van der Waals surface area contributed by atoms with Crippen LogP contribution in [-0.4, -0.2) is 48.7 Å². The van der Waals surface area contributed by atoms with Gasteiger partial charge in [-0.15, -0.1) is 0 Å². The van der Waals surface area contributed by atoms with Crippen LogP contribution in [0.3, 0.4) is 0 Å². The molecule has 1 aliphatic heterocycles. The van der Waals surface area contributed by atoms with Crippen LogP contribution in [0.25, 0.3) is 0 Å². The van der Waals surface area contributed by atoms with Crippen LogP contribution in [0.15, 0.2) is 6.07 Å². The molecule has 1 aliphatic carbocycles. The average Bonchev–Trinajstić information content (AvgIpc) is 3.27. The number of hydrogen-bond donors (Lipinski definition) is 2. The van der Waals surface area contributed by atoms with Gasteiger partial charge in [0.25, 0.3) is 0 Å². The number of hydrogen-bond acceptors (Lipinski definition) is 6. The lowest BCUT2D eigenvalue weighted by Crippen LogP contribution is -2.48. The van der Waals surface area contributed by atoms with E-state index in [1.807, 2.05) is 26.8 Å². The number of nitrogen functional groups attached to an aromatic ring is 1. The van der Waals surface area contributed by atoms with Gasteiger partial charge in [-0.3, -0.25) is 4.79 Å². The number of nitrogens with two attached hydrogens (primary N) is 1. The number of carbonyl (C=O) groups is 1. The Morgan fingerprint density at radius 2 is 2.12 bits per heavy atom. The van der Waals surface area contributed by atoms with E-state index >= 15 is 0 Å². The van der Waals surface area contributed by atoms with E-state index in [1.165, 1.54) is 12.8 Å². The SMILES string of the molecule is COCC(C)(C)C(=O)NC1CN(c2cc(C)nc(N)n2)CC1C1CC1. The number of carbonyl (C=O) groups excluding carboxylic acids is 1. The van der Waals surface area contributed by atoms with Crippen molar-refractivity contribution in [3.8, 4) is 0 Å². The molecule has 138 valence electrons. The summed E-state index contributed by atoms with van der Waals surface area (Å²) in [6.07, 6.45) is 2.49. The maximum atomic E-state index is 12.7. The average molecular weight is 347 g/mol. The van der Waals surface area contributed by atoms with E-state index in [0.29, 0.717) is 24.4 Å². The Bertz CT molecular complexity index is 624. The predicted octanol–water partition coefficient (Wildman–Crippen LogP) is 1.37. The van der Waals surface area contributed by atoms with Gasteiger partial charge in [0.05, 0.1) is 18.1 Å². The molecule has 25 heavy (non-hydrogen) atoms. The van der Waals surface area contributed by atoms with Crippen LogP contribution in [0.5, 0.6) is 0 Å². The molecule has 1 aromatic heterocycles. The lowest BCUT2D eigenvalue weighted by atomic mass is 9.91. The first-order valence-corrected chi connectivity index (χ1v) is 8.96. The molecular weight excluding hydrogens is 318 g/mol. The van der Waals surface area contributed by atoms with Crippen molar-refractivity contribution in [3.63, 3.8) is 0 Å². The van der Waals surface area contributed by atoms with Gasteiger partial charge in [-0.25, -0.2) is 4.98 Å². The van der Waals surface area contributed by atoms with Gasteiger partial charge >= 0.3 is 0 Å². The quantitative estimate of drug-likeness (QED) is 0.807. The molecule has 0 spiro atoms. The number of aryl methyl sites for hydroxylation is 1. The van der Waals surface area contributed by atoms with Gasteiger partial charge in [0.1, 0.15) is 5.82 Å². The maximum absolute atomic E-state index is 12.7. The normalized spacial score (nSPS) is 23.8. The second-order valence-electron chi connectivity index (χ2n) is 8.03. The lowest BCUT2D eigenvalue weighted by Gasteiger charge is -2.27. The highest BCUT2D eigenvalue weighted by atomic mass is 16.5. The summed E-state index contributed by atoms with van der Waals surface area (Å²) in [5, 5.41) is 3.27. The van der Waals surface area contributed by atoms with Crippen molar-refractivity contribution in [1.29, 1.82) is 0 Å². The van der Waals surface area contributed by atoms with E-state index < -0.39 is 5.41 Å². The number of nitrogens with zero attached hydrogens (tertiary/aromatic N) is 3. The van der Waals surface area contributed by atoms with Crippen LogP contribution in [0.4, 0.5) is 11.8 Å². The molecule has 0 radical (unpaired) electrons. The van der Waals surface area contributed by atoms with Gasteiger partial charge in [0.2, 0.25) is 11.9 Å². The first kappa shape index (κ1) is 17.9. The summed E-state index contributed by atoms with van der Waals surface area (Å²) in [6.45, 7) is 7.81. The van der Waals surface area contributed by atoms with Crippen molar-refractivity contribution in [1.82, 2.24) is 15.3 Å². The molecular formula is C18H29N5O2. The van der Waals surface area contributed by atoms with Crippen LogP contribution in [0.1, 0.15) is 32.4 Å². The van der Waals surface area contributed by atoms with E-state index in [1.54, 1.807) is 7.11 Å². The fraction of sp³-hybridized carbons (Fsp3) is 0.722. The molecule has 2 aliphatic rings. The van der Waals surface area contributed by atoms with Gasteiger partial charge in [-0.1, -0.05) is 0 Å². The molecule has 0 aromatic carbocycles. The number of nitrogens with one attached hydrogen (secondary N) is 1. The molecule has 7 heteroatoms. The molecule has 2 unspecified atom stereocenters. The summed E-state index contributed by atoms with van der Waals surface area (Å²) < 4.78 is 5.19. The first-order chi connectivity index (χ1) is 11.8. The zero-order valence-corrected chi connectivity index (χ0v) is 15.6. The topological polar surface area (TPSA) is 93.4 Å². The number of rotatable bonds is 6. The molecule has 1 saturated carbocycles. The Labute approximate surface area is 149 Å². The fourth-order valence-electron chi connectivity index (χ4n) is 3.70. The number of amides is 1. The highest BCUT2D eigenvalue weighted by molar-refractivity contribution is 5.82. The predicted molar refractivity (Wildman–Crippen MR) is 97.2 cm³/mol. The molecule has 1 amide bonds. The van der Waals surface area contributed by atoms with Crippen molar-refractivity contribution in [3.05, 3.63) is 11.8 Å². The first-order valence-electron chi connectivity index (χ1n) is 8.96. The Kier molecular flexibility index (Phi) is 4.86. The zero-order chi connectivity index (χ0) is 18.2. The summed E-state index contributed by atoms with van der Waals surface area (Å²) in [5.41, 5.74) is 6.13. The maximum Gasteiger partial charge on any atom is 0.228 e. The monoisotopic (exact) mass is 347 g/mol. The van der Waals surface area contributed by atoms with Crippen LogP contribution < -0.4 is 16.0 Å². The summed E-state index contributed by atoms with van der Waals surface area (Å²) in [6, 6.07) is 2.09. The van der Waals surface area contributed by atoms with Crippen molar-refractivity contribution >= 4 is 17.7 Å². The van der Waals surface area contributed by atoms with E-state index in [0.717, 1.165) is 24.6 Å². The van der Waals surface area contributed by atoms with Crippen LogP contribution in [0, 0.1) is 24.2 Å². The zero-order valence-electron chi connectivity index (χ0n) is 15.6. The number of ether oxygens (including phenoxy) is 1. The molecule has 7 nitrogen and oxygen atoms in total. The number of aromatic nitrogens is 2. The van der Waals surface area contributed by atoms with Crippen molar-refractivity contribution in [2.45, 2.75) is 39.7 Å². The van der Waals surface area contributed by atoms with Crippen molar-refractivity contribution in [2.24, 2.45) is 17.3 Å². The summed E-state index contributed by atoms with van der Waals surface area (Å²) in [7, 11) is 1.63. The van der Waals surface area contributed by atoms with Crippen LogP contribution in [0.2, 0.25) is 0 Å². The minimum absolute atomic E-state index is 0.0465. The molecule has 2 heterocycles. The molecule has 3 rings (SSSR count). The smallest absolute Gasteiger partial charge is 0.228 e. The number of methoxy groups -OCH3 is 1. The van der Waals surface area contributed by atoms with E-state index in [2.05, 4.69) is 20.2 Å². The molecule has 1 saturated heterocycles. The van der Waals surface area contributed by atoms with Gasteiger partial charge in [0, 0.05) is 37.9 Å². The summed E-state index contributed by atoms with van der Waals surface area (Å²) in [4.78, 5) is 23.5. The Balaban J connectivity index is 1.74. The molecule has 2 atom stereocenters. The lowest BCUT2D eigenvalue weighted by molar-refractivity contribution is -0.132. The Morgan fingerprint density at radius 3 is 2.72 bits per heavy atom. The van der Waals surface area contributed by atoms with Crippen LogP contribution >= 0.6 is 0 Å². The van der Waals surface area contributed by atoms with Crippen molar-refractivity contribution in [2.75, 3.05) is 37.4 Å². The molecule has 2 fully saturated rings. The van der Waals surface area contributed by atoms with Gasteiger partial charge in [0.15, 0.2) is 0 Å². The highest BCUT2D eigenvalue weighted by Gasteiger charge is 2.44. The van der Waals surface area contributed by atoms with Crippen molar-refractivity contribution < 1.29 is 9.53 Å². The Morgan fingerprint density at radius 1 is 1.40 bits per heavy atom. The largest absolute Gasteiger partial charge is 0.384 e. The highest BCUT2D eigenvalue weighted by Crippen LogP contribution is 2.42. The molecule has 1 aromatic rings. The third-order valence-corrected chi connectivity index (χ3v) is 5.21. The summed E-state index contributed by atoms with van der Waals surface area (Å²) >= 11 is 0. The third-order valence-electron chi connectivity index (χ3n) is 5.21. The van der Waals surface area contributed by atoms with E-state index in [4.69, 9.17) is 10.5 Å². The second kappa shape index (κ2) is 6.78. The number of anilines is 2. The second-order valence-corrected chi connectivity index (χ2v) is 8.03. The minimum atomic E-state index is -0.536. The third kappa shape index (κ3) is 4.03. The summed E-state index contributed by atoms with van der Waals surface area (Å²) in [5.74, 6) is 2.35. The van der Waals surface area contributed by atoms with Gasteiger partial charge < -0.3 is 20.7 Å². The van der Waals surface area contributed by atoms with Gasteiger partial charge in [-0.05, 0) is 39.5 Å². The molecule has 3 N–H and O–H groups in total. The molecule has 0 bridgehead atoms. The van der Waals surface area contributed by atoms with Gasteiger partial charge in [-0.2, -0.15) is 4.98 Å². The Hall–Kier alpha value is -1.89. The van der Waals surface area contributed by atoms with Crippen LogP contribution in [-0.2, 0) is 9.53 Å². The standard InChI is InChI=1S/C18H29N5O2/c1-11-7-15(22-17(19)20-11)23-8-13(12-5-6-12)14(9-23)21-16(24)18(2,3)10-25-4/h7,12-14H,5-6,8-10H2,1-4H3,(H,21,24)(H2,19,20,22). The van der Waals surface area contributed by atoms with E-state index in [-0.39, 0.29) is 11.9 Å². The fourth-order valence-corrected chi connectivity index (χ4v) is 3.70. The van der Waals surface area contributed by atoms with E-state index in [9.17, 15) is 4.79 Å².